The molecule has 8 heteroatoms. The van der Waals surface area contributed by atoms with Gasteiger partial charge in [0, 0.05) is 87.9 Å². The van der Waals surface area contributed by atoms with Gasteiger partial charge in [-0.25, -0.2) is 0 Å². The van der Waals surface area contributed by atoms with Gasteiger partial charge in [-0.2, -0.15) is 0 Å². The molecule has 0 aliphatic heterocycles. The highest BCUT2D eigenvalue weighted by Crippen LogP contribution is 2.49. The van der Waals surface area contributed by atoms with Crippen LogP contribution in [0.3, 0.4) is 0 Å². The van der Waals surface area contributed by atoms with E-state index in [2.05, 4.69) is 381 Å². The molecule has 22 aromatic rings. The normalized spacial score (nSPS) is 11.8. The molecule has 0 unspecified atom stereocenters. The fourth-order valence-electron chi connectivity index (χ4n) is 16.6. The maximum absolute atomic E-state index is 6.46. The van der Waals surface area contributed by atoms with Gasteiger partial charge < -0.3 is 23.4 Å². The lowest BCUT2D eigenvalue weighted by molar-refractivity contribution is 0.585. The van der Waals surface area contributed by atoms with Crippen molar-refractivity contribution >= 4 is 154 Å². The molecule has 7 nitrogen and oxygen atoms in total. The SMILES string of the molecule is c1ccc(N(c2ccccc2)c2ccc(-c3ccc(-c4ccc5ccc6c7c(ccc4c57)cc4c6c5ccccc5n4-c4ccccc4)s3)cc2)cc1.c1ccc(N(c2ccccc2)c2ccc(-c3nnc(-c4ccc5ccc6c7c(ccc4c57)cc4c6c5ccccc5n4-c4ccccc4)o3)cc2)cc1. The molecule has 0 saturated heterocycles. The molecule has 0 aliphatic rings. The Hall–Kier alpha value is -13.9. The van der Waals surface area contributed by atoms with Crippen LogP contribution in [0.15, 0.2) is 381 Å². The van der Waals surface area contributed by atoms with Crippen LogP contribution in [0.25, 0.3) is 163 Å². The third kappa shape index (κ3) is 9.95. The van der Waals surface area contributed by atoms with Crippen molar-refractivity contribution in [3.8, 4) is 55.2 Å². The Morgan fingerprint density at radius 3 is 1.06 bits per heavy atom. The summed E-state index contributed by atoms with van der Waals surface area (Å²) in [7, 11) is 0. The molecule has 0 fully saturated rings. The van der Waals surface area contributed by atoms with Crippen LogP contribution in [0.2, 0.25) is 0 Å². The fourth-order valence-corrected chi connectivity index (χ4v) is 17.6. The number of hydrogen-bond donors (Lipinski definition) is 0. The van der Waals surface area contributed by atoms with E-state index >= 15 is 0 Å². The lowest BCUT2D eigenvalue weighted by atomic mass is 9.90. The van der Waals surface area contributed by atoms with Gasteiger partial charge in [-0.3, -0.25) is 0 Å². The second-order valence-corrected chi connectivity index (χ2v) is 28.3. The molecule has 0 bridgehead atoms. The zero-order chi connectivity index (χ0) is 69.8. The molecular weight excluding hydrogens is 1310 g/mol. The zero-order valence-electron chi connectivity index (χ0n) is 57.3. The third-order valence-corrected chi connectivity index (χ3v) is 22.4. The molecule has 0 spiro atoms. The summed E-state index contributed by atoms with van der Waals surface area (Å²) in [5, 5.41) is 29.3. The first-order valence-corrected chi connectivity index (χ1v) is 36.8. The Labute approximate surface area is 614 Å². The number of rotatable bonds is 12. The monoisotopic (exact) mass is 1370 g/mol. The third-order valence-electron chi connectivity index (χ3n) is 21.2. The van der Waals surface area contributed by atoms with Crippen molar-refractivity contribution in [3.05, 3.63) is 376 Å². The molecule has 4 aromatic heterocycles. The van der Waals surface area contributed by atoms with E-state index in [1.54, 1.807) is 0 Å². The number of benzene rings is 18. The van der Waals surface area contributed by atoms with Gasteiger partial charge in [-0.05, 0) is 227 Å². The van der Waals surface area contributed by atoms with Crippen molar-refractivity contribution in [1.29, 1.82) is 0 Å². The highest BCUT2D eigenvalue weighted by atomic mass is 32.1. The van der Waals surface area contributed by atoms with Crippen molar-refractivity contribution in [2.75, 3.05) is 9.80 Å². The predicted molar refractivity (Wildman–Crippen MR) is 446 cm³/mol. The lowest BCUT2D eigenvalue weighted by Gasteiger charge is -2.25. The summed E-state index contributed by atoms with van der Waals surface area (Å²) in [6, 6.07) is 135. The van der Waals surface area contributed by atoms with Gasteiger partial charge in [0.1, 0.15) is 0 Å². The summed E-state index contributed by atoms with van der Waals surface area (Å²) in [4.78, 5) is 7.09. The number of nitrogens with zero attached hydrogens (tertiary/aromatic N) is 6. The summed E-state index contributed by atoms with van der Waals surface area (Å²) in [5.41, 5.74) is 18.1. The van der Waals surface area contributed by atoms with Crippen molar-refractivity contribution in [1.82, 2.24) is 19.3 Å². The van der Waals surface area contributed by atoms with Gasteiger partial charge in [0.15, 0.2) is 0 Å². The average molecular weight is 1370 g/mol. The van der Waals surface area contributed by atoms with Crippen LogP contribution in [-0.4, -0.2) is 19.3 Å². The summed E-state index contributed by atoms with van der Waals surface area (Å²) >= 11 is 1.86. The van der Waals surface area contributed by atoms with Crippen molar-refractivity contribution < 1.29 is 4.42 Å². The largest absolute Gasteiger partial charge is 0.416 e. The molecule has 18 aromatic carbocycles. The Morgan fingerprint density at radius 2 is 0.585 bits per heavy atom. The highest BCUT2D eigenvalue weighted by molar-refractivity contribution is 7.19. The van der Waals surface area contributed by atoms with Crippen LogP contribution >= 0.6 is 11.3 Å². The van der Waals surface area contributed by atoms with Crippen LogP contribution < -0.4 is 9.80 Å². The van der Waals surface area contributed by atoms with Crippen LogP contribution in [0.1, 0.15) is 0 Å². The molecule has 496 valence electrons. The summed E-state index contributed by atoms with van der Waals surface area (Å²) in [5.74, 6) is 0.988. The van der Waals surface area contributed by atoms with Crippen molar-refractivity contribution in [2.24, 2.45) is 0 Å². The molecular formula is C98H62N6OS. The first kappa shape index (κ1) is 60.8. The lowest BCUT2D eigenvalue weighted by Crippen LogP contribution is -2.09. The Bertz CT molecular complexity index is 6530. The van der Waals surface area contributed by atoms with Gasteiger partial charge in [0.05, 0.1) is 22.1 Å². The number of thiophene rings is 1. The second kappa shape index (κ2) is 25.0. The molecule has 0 saturated carbocycles. The fraction of sp³-hybridized carbons (Fsp3) is 0. The zero-order valence-corrected chi connectivity index (χ0v) is 58.1. The van der Waals surface area contributed by atoms with Gasteiger partial charge in [0.2, 0.25) is 11.8 Å². The minimum Gasteiger partial charge on any atom is -0.416 e. The van der Waals surface area contributed by atoms with Crippen LogP contribution in [0, 0.1) is 0 Å². The van der Waals surface area contributed by atoms with E-state index in [9.17, 15) is 0 Å². The Kier molecular flexibility index (Phi) is 14.3. The topological polar surface area (TPSA) is 55.3 Å². The minimum atomic E-state index is 0.485. The van der Waals surface area contributed by atoms with E-state index in [1.165, 1.54) is 129 Å². The van der Waals surface area contributed by atoms with E-state index in [0.717, 1.165) is 56.3 Å². The van der Waals surface area contributed by atoms with E-state index in [-0.39, 0.29) is 0 Å². The number of para-hydroxylation sites is 8. The standard InChI is InChI=1S/C50H32N2S.C48H30N4O/c1-4-12-36(13-5-1)51(37-14-6-2-7-15-37)39-25-20-33(21-26-39)46-30-31-47(53-46)40-27-22-34-23-29-43-49-35(24-28-41(40)48(34)49)32-45-50(43)42-18-10-11-19-44(42)52(45)38-16-8-3-9-17-38;1-4-12-34(13-5-1)51(35-14-6-2-7-15-35)37-25-20-32(21-26-37)47-49-50-48(53-47)39-28-22-31-23-29-41-45-33(24-27-38(39)44(31)45)30-43-46(41)40-18-10-11-19-42(40)52(43)36-16-8-3-9-17-36/h1-32H;1-30H. The average Bonchev–Trinajstić information content (AvgIpc) is 1.49. The molecule has 0 aliphatic carbocycles. The minimum absolute atomic E-state index is 0.485. The van der Waals surface area contributed by atoms with Gasteiger partial charge in [-0.15, -0.1) is 21.5 Å². The van der Waals surface area contributed by atoms with E-state index in [0.29, 0.717) is 11.8 Å². The van der Waals surface area contributed by atoms with Crippen LogP contribution in [0.5, 0.6) is 0 Å². The van der Waals surface area contributed by atoms with E-state index in [1.807, 2.05) is 35.6 Å². The van der Waals surface area contributed by atoms with E-state index in [4.69, 9.17) is 4.42 Å². The van der Waals surface area contributed by atoms with Crippen molar-refractivity contribution in [2.45, 2.75) is 0 Å². The number of anilines is 6. The van der Waals surface area contributed by atoms with Gasteiger partial charge in [-0.1, -0.05) is 224 Å². The maximum Gasteiger partial charge on any atom is 0.248 e. The van der Waals surface area contributed by atoms with Gasteiger partial charge >= 0.3 is 0 Å². The number of aromatic nitrogens is 4. The summed E-state index contributed by atoms with van der Waals surface area (Å²) in [6.45, 7) is 0. The second-order valence-electron chi connectivity index (χ2n) is 27.2. The molecule has 106 heavy (non-hydrogen) atoms. The van der Waals surface area contributed by atoms with E-state index < -0.39 is 0 Å². The van der Waals surface area contributed by atoms with Crippen LogP contribution in [-0.2, 0) is 0 Å². The molecule has 0 atom stereocenters. The van der Waals surface area contributed by atoms with Crippen molar-refractivity contribution in [3.63, 3.8) is 0 Å². The first-order valence-electron chi connectivity index (χ1n) is 35.9. The maximum atomic E-state index is 6.46. The summed E-state index contributed by atoms with van der Waals surface area (Å²) in [6.07, 6.45) is 0. The molecule has 0 radical (unpaired) electrons. The number of fused-ring (bicyclic) bond motifs is 8. The van der Waals surface area contributed by atoms with Crippen LogP contribution in [0.4, 0.5) is 34.1 Å². The molecule has 4 heterocycles. The first-order chi connectivity index (χ1) is 52.6. The highest BCUT2D eigenvalue weighted by Gasteiger charge is 2.25. The quantitative estimate of drug-likeness (QED) is 0.114. The smallest absolute Gasteiger partial charge is 0.248 e. The Balaban J connectivity index is 0.000000136. The molecule has 0 amide bonds. The Morgan fingerprint density at radius 1 is 0.236 bits per heavy atom. The number of hydrogen-bond acceptors (Lipinski definition) is 6. The molecule has 0 N–H and O–H groups in total. The predicted octanol–water partition coefficient (Wildman–Crippen LogP) is 27.4. The molecule has 22 rings (SSSR count). The summed E-state index contributed by atoms with van der Waals surface area (Å²) < 4.78 is 11.3. The van der Waals surface area contributed by atoms with Gasteiger partial charge in [0.25, 0.3) is 0 Å².